The van der Waals surface area contributed by atoms with E-state index in [4.69, 9.17) is 4.74 Å². The highest BCUT2D eigenvalue weighted by Crippen LogP contribution is 2.06. The Morgan fingerprint density at radius 2 is 2.19 bits per heavy atom. The van der Waals surface area contributed by atoms with Gasteiger partial charge in [0, 0.05) is 13.1 Å². The maximum Gasteiger partial charge on any atom is 0.268 e. The molecule has 1 heterocycles. The molecule has 1 N–H and O–H groups in total. The lowest BCUT2D eigenvalue weighted by molar-refractivity contribution is -0.00835. The van der Waals surface area contributed by atoms with E-state index in [1.807, 2.05) is 20.8 Å². The van der Waals surface area contributed by atoms with Crippen molar-refractivity contribution in [3.8, 4) is 0 Å². The molecule has 0 fully saturated rings. The summed E-state index contributed by atoms with van der Waals surface area (Å²) in [5.41, 5.74) is 0.413. The van der Waals surface area contributed by atoms with Gasteiger partial charge < -0.3 is 10.1 Å². The first-order valence-corrected chi connectivity index (χ1v) is 5.31. The molecule has 0 saturated carbocycles. The van der Waals surface area contributed by atoms with Crippen LogP contribution in [-0.4, -0.2) is 29.0 Å². The number of anilines is 1. The van der Waals surface area contributed by atoms with Crippen LogP contribution in [0.15, 0.2) is 17.1 Å². The summed E-state index contributed by atoms with van der Waals surface area (Å²) in [6.45, 7) is 6.89. The lowest BCUT2D eigenvalue weighted by Crippen LogP contribution is -2.27. The van der Waals surface area contributed by atoms with Crippen molar-refractivity contribution < 1.29 is 4.74 Å². The number of nitrogens with zero attached hydrogens (tertiary/aromatic N) is 2. The summed E-state index contributed by atoms with van der Waals surface area (Å²) < 4.78 is 6.92. The molecule has 0 bridgehead atoms. The first-order chi connectivity index (χ1) is 7.42. The first-order valence-electron chi connectivity index (χ1n) is 5.31. The fourth-order valence-electron chi connectivity index (χ4n) is 1.18. The second-order valence-corrected chi connectivity index (χ2v) is 4.52. The molecule has 16 heavy (non-hydrogen) atoms. The molecule has 5 heteroatoms. The van der Waals surface area contributed by atoms with Crippen LogP contribution in [0.25, 0.3) is 0 Å². The zero-order valence-corrected chi connectivity index (χ0v) is 10.3. The van der Waals surface area contributed by atoms with Crippen molar-refractivity contribution in [1.82, 2.24) is 9.78 Å². The molecule has 0 atom stereocenters. The van der Waals surface area contributed by atoms with Crippen LogP contribution in [0.1, 0.15) is 20.8 Å². The van der Waals surface area contributed by atoms with Crippen LogP contribution in [-0.2, 0) is 11.3 Å². The molecule has 1 aromatic heterocycles. The zero-order chi connectivity index (χ0) is 12.2. The molecule has 0 spiro atoms. The third-order valence-electron chi connectivity index (χ3n) is 2.00. The van der Waals surface area contributed by atoms with Gasteiger partial charge >= 0.3 is 0 Å². The molecular weight excluding hydrogens is 206 g/mol. The molecule has 0 unspecified atom stereocenters. The largest absolute Gasteiger partial charge is 0.387 e. The quantitative estimate of drug-likeness (QED) is 0.833. The Bertz CT molecular complexity index is 393. The number of hydrogen-bond donors (Lipinski definition) is 1. The van der Waals surface area contributed by atoms with Crippen LogP contribution in [0.5, 0.6) is 0 Å². The third-order valence-corrected chi connectivity index (χ3v) is 2.00. The van der Waals surface area contributed by atoms with E-state index in [1.54, 1.807) is 13.2 Å². The molecule has 0 aliphatic rings. The van der Waals surface area contributed by atoms with Gasteiger partial charge in [-0.3, -0.25) is 4.79 Å². The van der Waals surface area contributed by atoms with Gasteiger partial charge in [0.1, 0.15) is 0 Å². The maximum atomic E-state index is 11.6. The monoisotopic (exact) mass is 225 g/mol. The predicted molar refractivity (Wildman–Crippen MR) is 63.7 cm³/mol. The molecule has 0 amide bonds. The normalized spacial score (nSPS) is 11.5. The van der Waals surface area contributed by atoms with E-state index in [2.05, 4.69) is 10.4 Å². The van der Waals surface area contributed by atoms with Gasteiger partial charge in [0.25, 0.3) is 5.56 Å². The molecule has 1 rings (SSSR count). The highest BCUT2D eigenvalue weighted by molar-refractivity contribution is 5.37. The van der Waals surface area contributed by atoms with Gasteiger partial charge in [-0.05, 0) is 20.8 Å². The molecule has 0 saturated heterocycles. The van der Waals surface area contributed by atoms with Crippen molar-refractivity contribution in [2.24, 2.45) is 0 Å². The molecule has 0 aromatic carbocycles. The molecule has 90 valence electrons. The molecule has 0 aliphatic heterocycles. The van der Waals surface area contributed by atoms with Crippen LogP contribution in [0.3, 0.4) is 0 Å². The van der Waals surface area contributed by atoms with Crippen molar-refractivity contribution in [3.63, 3.8) is 0 Å². The minimum Gasteiger partial charge on any atom is -0.387 e. The van der Waals surface area contributed by atoms with E-state index in [1.165, 1.54) is 10.7 Å². The minimum atomic E-state index is -0.186. The summed E-state index contributed by atoms with van der Waals surface area (Å²) in [5.74, 6) is 0. The number of hydrogen-bond acceptors (Lipinski definition) is 4. The number of rotatable bonds is 4. The summed E-state index contributed by atoms with van der Waals surface area (Å²) in [6, 6.07) is 1.52. The Kier molecular flexibility index (Phi) is 4.06. The number of aromatic nitrogens is 2. The lowest BCUT2D eigenvalue weighted by atomic mass is 10.2. The predicted octanol–water partition coefficient (Wildman–Crippen LogP) is 1.10. The molecule has 0 radical (unpaired) electrons. The van der Waals surface area contributed by atoms with Gasteiger partial charge in [-0.15, -0.1) is 0 Å². The Labute approximate surface area is 95.4 Å². The number of nitrogens with one attached hydrogen (secondary N) is 1. The Hall–Kier alpha value is -1.36. The zero-order valence-electron chi connectivity index (χ0n) is 10.3. The van der Waals surface area contributed by atoms with Gasteiger partial charge in [0.2, 0.25) is 0 Å². The Morgan fingerprint density at radius 1 is 1.50 bits per heavy atom. The van der Waals surface area contributed by atoms with Crippen LogP contribution in [0.2, 0.25) is 0 Å². The SMILES string of the molecule is CNc1cnn(CCOC(C)(C)C)c(=O)c1. The number of ether oxygens (including phenoxy) is 1. The Balaban J connectivity index is 2.58. The van der Waals surface area contributed by atoms with Gasteiger partial charge in [0.15, 0.2) is 0 Å². The van der Waals surface area contributed by atoms with E-state index < -0.39 is 0 Å². The fourth-order valence-corrected chi connectivity index (χ4v) is 1.18. The van der Waals surface area contributed by atoms with Crippen LogP contribution in [0.4, 0.5) is 5.69 Å². The van der Waals surface area contributed by atoms with Gasteiger partial charge in [-0.25, -0.2) is 4.68 Å². The maximum absolute atomic E-state index is 11.6. The van der Waals surface area contributed by atoms with E-state index in [0.717, 1.165) is 5.69 Å². The molecule has 1 aromatic rings. The fraction of sp³-hybridized carbons (Fsp3) is 0.636. The average Bonchev–Trinajstić information content (AvgIpc) is 2.18. The van der Waals surface area contributed by atoms with Crippen molar-refractivity contribution in [1.29, 1.82) is 0 Å². The highest BCUT2D eigenvalue weighted by Gasteiger charge is 2.09. The molecular formula is C11H19N3O2. The van der Waals surface area contributed by atoms with Crippen molar-refractivity contribution >= 4 is 5.69 Å². The van der Waals surface area contributed by atoms with Crippen LogP contribution >= 0.6 is 0 Å². The van der Waals surface area contributed by atoms with Crippen LogP contribution < -0.4 is 10.9 Å². The second-order valence-electron chi connectivity index (χ2n) is 4.52. The first kappa shape index (κ1) is 12.7. The average molecular weight is 225 g/mol. The van der Waals surface area contributed by atoms with E-state index >= 15 is 0 Å². The van der Waals surface area contributed by atoms with Gasteiger partial charge in [-0.2, -0.15) is 5.10 Å². The smallest absolute Gasteiger partial charge is 0.268 e. The van der Waals surface area contributed by atoms with Crippen molar-refractivity contribution in [2.45, 2.75) is 32.9 Å². The Morgan fingerprint density at radius 3 is 2.69 bits per heavy atom. The lowest BCUT2D eigenvalue weighted by Gasteiger charge is -2.19. The van der Waals surface area contributed by atoms with Crippen molar-refractivity contribution in [3.05, 3.63) is 22.6 Å². The minimum absolute atomic E-state index is 0.121. The standard InChI is InChI=1S/C11H19N3O2/c1-11(2,3)16-6-5-14-10(15)7-9(12-4)8-13-14/h7-8,12H,5-6H2,1-4H3. The van der Waals surface area contributed by atoms with Gasteiger partial charge in [-0.1, -0.05) is 0 Å². The summed E-state index contributed by atoms with van der Waals surface area (Å²) in [4.78, 5) is 11.6. The summed E-state index contributed by atoms with van der Waals surface area (Å²) in [6.07, 6.45) is 1.62. The van der Waals surface area contributed by atoms with E-state index in [-0.39, 0.29) is 11.2 Å². The van der Waals surface area contributed by atoms with Gasteiger partial charge in [0.05, 0.1) is 30.6 Å². The van der Waals surface area contributed by atoms with Crippen LogP contribution in [0, 0.1) is 0 Å². The summed E-state index contributed by atoms with van der Waals surface area (Å²) in [7, 11) is 1.75. The topological polar surface area (TPSA) is 56.1 Å². The highest BCUT2D eigenvalue weighted by atomic mass is 16.5. The molecule has 5 nitrogen and oxygen atoms in total. The third kappa shape index (κ3) is 4.02. The molecule has 0 aliphatic carbocycles. The second kappa shape index (κ2) is 5.12. The van der Waals surface area contributed by atoms with E-state index in [0.29, 0.717) is 13.2 Å². The van der Waals surface area contributed by atoms with Crippen molar-refractivity contribution in [2.75, 3.05) is 19.0 Å². The van der Waals surface area contributed by atoms with E-state index in [9.17, 15) is 4.79 Å². The summed E-state index contributed by atoms with van der Waals surface area (Å²) in [5, 5.41) is 6.90. The summed E-state index contributed by atoms with van der Waals surface area (Å²) >= 11 is 0.